The summed E-state index contributed by atoms with van der Waals surface area (Å²) in [6.07, 6.45) is 0.837. The quantitative estimate of drug-likeness (QED) is 0.404. The lowest BCUT2D eigenvalue weighted by Crippen LogP contribution is -2.48. The molecule has 24 heavy (non-hydrogen) atoms. The maximum atomic E-state index is 11.8. The van der Waals surface area contributed by atoms with Crippen molar-refractivity contribution >= 4 is 11.9 Å². The highest BCUT2D eigenvalue weighted by atomic mass is 16.5. The standard InChI is InChI=1S/C18H30N4O2/c1-14-9-6-7-10-15(14)24-12-8-11-20-17(19-5)21-13-16(23)22-18(2,3)4/h6-7,9-10H,8,11-13H2,1-5H3,(H,22,23)(H2,19,20,21). The van der Waals surface area contributed by atoms with Gasteiger partial charge in [-0.3, -0.25) is 9.79 Å². The van der Waals surface area contributed by atoms with E-state index in [9.17, 15) is 4.79 Å². The van der Waals surface area contributed by atoms with Crippen LogP contribution in [0.3, 0.4) is 0 Å². The van der Waals surface area contributed by atoms with Gasteiger partial charge in [0.05, 0.1) is 13.2 Å². The van der Waals surface area contributed by atoms with Crippen molar-refractivity contribution in [1.29, 1.82) is 0 Å². The largest absolute Gasteiger partial charge is 0.493 e. The molecular weight excluding hydrogens is 304 g/mol. The maximum Gasteiger partial charge on any atom is 0.239 e. The Labute approximate surface area is 145 Å². The van der Waals surface area contributed by atoms with Gasteiger partial charge in [-0.2, -0.15) is 0 Å². The molecule has 0 aliphatic heterocycles. The molecule has 1 aromatic carbocycles. The Morgan fingerprint density at radius 3 is 2.54 bits per heavy atom. The lowest BCUT2D eigenvalue weighted by molar-refractivity contribution is -0.121. The highest BCUT2D eigenvalue weighted by Gasteiger charge is 2.13. The van der Waals surface area contributed by atoms with Crippen LogP contribution < -0.4 is 20.7 Å². The van der Waals surface area contributed by atoms with E-state index in [0.717, 1.165) is 17.7 Å². The van der Waals surface area contributed by atoms with E-state index in [4.69, 9.17) is 4.74 Å². The molecule has 0 atom stereocenters. The van der Waals surface area contributed by atoms with E-state index in [1.54, 1.807) is 7.05 Å². The number of benzene rings is 1. The fourth-order valence-corrected chi connectivity index (χ4v) is 2.03. The molecule has 0 heterocycles. The molecule has 0 aliphatic carbocycles. The number of ether oxygens (including phenoxy) is 1. The predicted molar refractivity (Wildman–Crippen MR) is 98.6 cm³/mol. The summed E-state index contributed by atoms with van der Waals surface area (Å²) < 4.78 is 5.74. The first-order chi connectivity index (χ1) is 11.3. The number of guanidine groups is 1. The second-order valence-electron chi connectivity index (χ2n) is 6.62. The van der Waals surface area contributed by atoms with E-state index in [0.29, 0.717) is 19.1 Å². The van der Waals surface area contributed by atoms with Gasteiger partial charge in [0.1, 0.15) is 5.75 Å². The molecule has 1 aromatic rings. The molecule has 0 aliphatic rings. The van der Waals surface area contributed by atoms with Crippen LogP contribution in [0.25, 0.3) is 0 Å². The Hall–Kier alpha value is -2.24. The van der Waals surface area contributed by atoms with Gasteiger partial charge in [-0.15, -0.1) is 0 Å². The minimum atomic E-state index is -0.234. The number of amides is 1. The number of aliphatic imine (C=N–C) groups is 1. The summed E-state index contributed by atoms with van der Waals surface area (Å²) in [7, 11) is 1.68. The highest BCUT2D eigenvalue weighted by Crippen LogP contribution is 2.15. The fraction of sp³-hybridized carbons (Fsp3) is 0.556. The molecule has 0 fully saturated rings. The molecule has 3 N–H and O–H groups in total. The van der Waals surface area contributed by atoms with Crippen molar-refractivity contribution in [3.05, 3.63) is 29.8 Å². The topological polar surface area (TPSA) is 74.8 Å². The summed E-state index contributed by atoms with van der Waals surface area (Å²) in [5.41, 5.74) is 0.899. The minimum absolute atomic E-state index is 0.0617. The van der Waals surface area contributed by atoms with Gasteiger partial charge in [0.15, 0.2) is 5.96 Å². The SMILES string of the molecule is CN=C(NCCCOc1ccccc1C)NCC(=O)NC(C)(C)C. The Kier molecular flexibility index (Phi) is 8.09. The summed E-state index contributed by atoms with van der Waals surface area (Å²) in [6, 6.07) is 7.96. The first-order valence-corrected chi connectivity index (χ1v) is 8.26. The minimum Gasteiger partial charge on any atom is -0.493 e. The Balaban J connectivity index is 2.20. The number of para-hydroxylation sites is 1. The highest BCUT2D eigenvalue weighted by molar-refractivity contribution is 5.86. The van der Waals surface area contributed by atoms with Gasteiger partial charge in [0, 0.05) is 19.1 Å². The van der Waals surface area contributed by atoms with Crippen LogP contribution in [0.15, 0.2) is 29.3 Å². The Morgan fingerprint density at radius 1 is 1.21 bits per heavy atom. The van der Waals surface area contributed by atoms with Crippen LogP contribution in [0.2, 0.25) is 0 Å². The van der Waals surface area contributed by atoms with Crippen molar-refractivity contribution < 1.29 is 9.53 Å². The average molecular weight is 334 g/mol. The number of nitrogens with one attached hydrogen (secondary N) is 3. The zero-order valence-electron chi connectivity index (χ0n) is 15.4. The van der Waals surface area contributed by atoms with Crippen LogP contribution in [0.4, 0.5) is 0 Å². The van der Waals surface area contributed by atoms with Crippen LogP contribution in [-0.4, -0.2) is 44.1 Å². The second kappa shape index (κ2) is 9.80. The number of aryl methyl sites for hydroxylation is 1. The second-order valence-corrected chi connectivity index (χ2v) is 6.62. The molecule has 1 amide bonds. The Morgan fingerprint density at radius 2 is 1.92 bits per heavy atom. The van der Waals surface area contributed by atoms with Gasteiger partial charge < -0.3 is 20.7 Å². The van der Waals surface area contributed by atoms with Crippen LogP contribution in [0.1, 0.15) is 32.8 Å². The van der Waals surface area contributed by atoms with Crippen LogP contribution in [-0.2, 0) is 4.79 Å². The number of carbonyl (C=O) groups is 1. The van der Waals surface area contributed by atoms with Gasteiger partial charge in [0.25, 0.3) is 0 Å². The third-order valence-electron chi connectivity index (χ3n) is 3.12. The molecule has 6 heteroatoms. The normalized spacial score (nSPS) is 11.8. The molecule has 0 spiro atoms. The van der Waals surface area contributed by atoms with E-state index in [2.05, 4.69) is 20.9 Å². The summed E-state index contributed by atoms with van der Waals surface area (Å²) in [4.78, 5) is 15.9. The van der Waals surface area contributed by atoms with E-state index in [1.807, 2.05) is 52.0 Å². The molecule has 0 radical (unpaired) electrons. The van der Waals surface area contributed by atoms with Crippen molar-refractivity contribution in [2.75, 3.05) is 26.7 Å². The maximum absolute atomic E-state index is 11.8. The number of hydrogen-bond acceptors (Lipinski definition) is 3. The summed E-state index contributed by atoms with van der Waals surface area (Å²) >= 11 is 0. The fourth-order valence-electron chi connectivity index (χ4n) is 2.03. The average Bonchev–Trinajstić information content (AvgIpc) is 2.50. The van der Waals surface area contributed by atoms with Crippen LogP contribution in [0, 0.1) is 6.92 Å². The lowest BCUT2D eigenvalue weighted by atomic mass is 10.1. The zero-order chi connectivity index (χ0) is 18.0. The number of rotatable bonds is 7. The van der Waals surface area contributed by atoms with E-state index in [-0.39, 0.29) is 18.0 Å². The molecule has 0 saturated carbocycles. The van der Waals surface area contributed by atoms with Crippen LogP contribution in [0.5, 0.6) is 5.75 Å². The molecular formula is C18H30N4O2. The summed E-state index contributed by atoms with van der Waals surface area (Å²) in [5, 5.41) is 9.06. The van der Waals surface area contributed by atoms with Crippen molar-refractivity contribution in [1.82, 2.24) is 16.0 Å². The summed E-state index contributed by atoms with van der Waals surface area (Å²) in [6.45, 7) is 9.41. The molecule has 1 rings (SSSR count). The van der Waals surface area contributed by atoms with Gasteiger partial charge in [-0.25, -0.2) is 0 Å². The van der Waals surface area contributed by atoms with E-state index < -0.39 is 0 Å². The van der Waals surface area contributed by atoms with Crippen molar-refractivity contribution in [3.8, 4) is 5.75 Å². The molecule has 0 bridgehead atoms. The van der Waals surface area contributed by atoms with Gasteiger partial charge in [0.2, 0.25) is 5.91 Å². The lowest BCUT2D eigenvalue weighted by Gasteiger charge is -2.21. The molecule has 0 saturated heterocycles. The number of carbonyl (C=O) groups excluding carboxylic acids is 1. The number of hydrogen-bond donors (Lipinski definition) is 3. The smallest absolute Gasteiger partial charge is 0.239 e. The van der Waals surface area contributed by atoms with Crippen molar-refractivity contribution in [3.63, 3.8) is 0 Å². The van der Waals surface area contributed by atoms with Gasteiger partial charge in [-0.05, 0) is 45.7 Å². The molecule has 0 aromatic heterocycles. The monoisotopic (exact) mass is 334 g/mol. The first-order valence-electron chi connectivity index (χ1n) is 8.26. The summed E-state index contributed by atoms with van der Waals surface area (Å²) in [5.74, 6) is 1.46. The molecule has 134 valence electrons. The Bertz CT molecular complexity index is 550. The van der Waals surface area contributed by atoms with E-state index in [1.165, 1.54) is 0 Å². The third-order valence-corrected chi connectivity index (χ3v) is 3.12. The molecule has 0 unspecified atom stereocenters. The first kappa shape index (κ1) is 19.8. The van der Waals surface area contributed by atoms with Crippen molar-refractivity contribution in [2.45, 2.75) is 39.7 Å². The van der Waals surface area contributed by atoms with Crippen molar-refractivity contribution in [2.24, 2.45) is 4.99 Å². The third kappa shape index (κ3) is 8.41. The molecule has 6 nitrogen and oxygen atoms in total. The van der Waals surface area contributed by atoms with Crippen LogP contribution >= 0.6 is 0 Å². The zero-order valence-corrected chi connectivity index (χ0v) is 15.4. The predicted octanol–water partition coefficient (Wildman–Crippen LogP) is 1.84. The van der Waals surface area contributed by atoms with Gasteiger partial charge >= 0.3 is 0 Å². The number of nitrogens with zero attached hydrogens (tertiary/aromatic N) is 1. The van der Waals surface area contributed by atoms with E-state index >= 15 is 0 Å². The van der Waals surface area contributed by atoms with Gasteiger partial charge in [-0.1, -0.05) is 18.2 Å².